The van der Waals surface area contributed by atoms with Crippen LogP contribution in [0.15, 0.2) is 59.7 Å². The van der Waals surface area contributed by atoms with E-state index in [1.807, 2.05) is 12.1 Å². The van der Waals surface area contributed by atoms with Crippen molar-refractivity contribution in [3.8, 4) is 17.0 Å². The average molecular weight is 379 g/mol. The number of amides is 1. The van der Waals surface area contributed by atoms with Gasteiger partial charge in [0.1, 0.15) is 11.4 Å². The van der Waals surface area contributed by atoms with Crippen molar-refractivity contribution in [2.75, 3.05) is 7.11 Å². The third-order valence-corrected chi connectivity index (χ3v) is 4.01. The molecule has 0 atom stereocenters. The van der Waals surface area contributed by atoms with Gasteiger partial charge in [-0.25, -0.2) is 5.43 Å². The molecule has 3 rings (SSSR count). The van der Waals surface area contributed by atoms with Crippen LogP contribution in [0, 0.1) is 10.1 Å². The van der Waals surface area contributed by atoms with Crippen molar-refractivity contribution in [2.45, 2.75) is 6.92 Å². The van der Waals surface area contributed by atoms with E-state index in [0.717, 1.165) is 11.3 Å². The Kier molecular flexibility index (Phi) is 5.45. The fraction of sp³-hybridized carbons (Fsp3) is 0.105. The number of carbonyl (C=O) groups is 1. The number of hydrogen-bond donors (Lipinski definition) is 2. The molecule has 1 aromatic heterocycles. The summed E-state index contributed by atoms with van der Waals surface area (Å²) < 4.78 is 5.11. The Hall–Kier alpha value is -4.01. The molecule has 0 fully saturated rings. The molecule has 0 spiro atoms. The summed E-state index contributed by atoms with van der Waals surface area (Å²) in [4.78, 5) is 22.7. The summed E-state index contributed by atoms with van der Waals surface area (Å²) >= 11 is 0. The maximum Gasteiger partial charge on any atom is 0.289 e. The summed E-state index contributed by atoms with van der Waals surface area (Å²) in [6.45, 7) is 1.77. The molecule has 0 aliphatic carbocycles. The third kappa shape index (κ3) is 4.21. The number of aromatic amines is 1. The summed E-state index contributed by atoms with van der Waals surface area (Å²) in [5.74, 6) is 0.253. The van der Waals surface area contributed by atoms with Gasteiger partial charge in [-0.1, -0.05) is 12.1 Å². The lowest BCUT2D eigenvalue weighted by atomic mass is 10.1. The van der Waals surface area contributed by atoms with Crippen LogP contribution in [0.1, 0.15) is 23.0 Å². The number of non-ortho nitro benzene ring substituents is 1. The quantitative estimate of drug-likeness (QED) is 0.387. The number of rotatable bonds is 6. The largest absolute Gasteiger partial charge is 0.497 e. The monoisotopic (exact) mass is 379 g/mol. The predicted molar refractivity (Wildman–Crippen MR) is 103 cm³/mol. The number of benzene rings is 2. The van der Waals surface area contributed by atoms with Crippen LogP contribution in [0.3, 0.4) is 0 Å². The summed E-state index contributed by atoms with van der Waals surface area (Å²) in [7, 11) is 1.59. The van der Waals surface area contributed by atoms with Crippen LogP contribution in [-0.2, 0) is 0 Å². The number of ether oxygens (including phenoxy) is 1. The first-order chi connectivity index (χ1) is 13.5. The highest BCUT2D eigenvalue weighted by Crippen LogP contribution is 2.22. The second kappa shape index (κ2) is 8.12. The molecule has 0 saturated carbocycles. The van der Waals surface area contributed by atoms with Gasteiger partial charge in [-0.2, -0.15) is 10.2 Å². The topological polar surface area (TPSA) is 123 Å². The van der Waals surface area contributed by atoms with Crippen LogP contribution in [0.4, 0.5) is 5.69 Å². The summed E-state index contributed by atoms with van der Waals surface area (Å²) in [5, 5.41) is 21.6. The molecule has 3 aromatic rings. The van der Waals surface area contributed by atoms with Gasteiger partial charge in [0.2, 0.25) is 0 Å². The number of nitrogens with zero attached hydrogens (tertiary/aromatic N) is 3. The summed E-state index contributed by atoms with van der Waals surface area (Å²) in [6.07, 6.45) is 0. The Balaban J connectivity index is 1.71. The van der Waals surface area contributed by atoms with E-state index in [1.54, 1.807) is 38.3 Å². The average Bonchev–Trinajstić information content (AvgIpc) is 3.22. The second-order valence-electron chi connectivity index (χ2n) is 5.84. The van der Waals surface area contributed by atoms with Crippen molar-refractivity contribution in [2.24, 2.45) is 5.10 Å². The number of hydrazone groups is 1. The van der Waals surface area contributed by atoms with E-state index in [2.05, 4.69) is 20.7 Å². The van der Waals surface area contributed by atoms with Crippen LogP contribution in [-0.4, -0.2) is 33.8 Å². The number of nitro benzene ring substituents is 1. The Labute approximate surface area is 160 Å². The number of aromatic nitrogens is 2. The van der Waals surface area contributed by atoms with Gasteiger partial charge in [0.05, 0.1) is 23.4 Å². The molecule has 0 aliphatic rings. The Morgan fingerprint density at radius 2 is 1.96 bits per heavy atom. The lowest BCUT2D eigenvalue weighted by Gasteiger charge is -2.03. The van der Waals surface area contributed by atoms with Gasteiger partial charge >= 0.3 is 0 Å². The highest BCUT2D eigenvalue weighted by molar-refractivity contribution is 6.00. The fourth-order valence-corrected chi connectivity index (χ4v) is 2.46. The molecule has 2 N–H and O–H groups in total. The summed E-state index contributed by atoms with van der Waals surface area (Å²) in [5.41, 5.74) is 5.00. The lowest BCUT2D eigenvalue weighted by molar-refractivity contribution is -0.384. The van der Waals surface area contributed by atoms with Gasteiger partial charge < -0.3 is 4.74 Å². The Morgan fingerprint density at radius 1 is 1.21 bits per heavy atom. The number of carbonyl (C=O) groups excluding carboxylic acids is 1. The highest BCUT2D eigenvalue weighted by atomic mass is 16.6. The maximum atomic E-state index is 12.3. The first-order valence-corrected chi connectivity index (χ1v) is 8.27. The van der Waals surface area contributed by atoms with Gasteiger partial charge in [0, 0.05) is 17.7 Å². The van der Waals surface area contributed by atoms with Crippen molar-refractivity contribution >= 4 is 17.3 Å². The molecule has 0 radical (unpaired) electrons. The Morgan fingerprint density at radius 3 is 2.64 bits per heavy atom. The van der Waals surface area contributed by atoms with Gasteiger partial charge in [0.15, 0.2) is 0 Å². The SMILES string of the molecule is COc1ccc(/C(C)=N/NC(=O)c2cc(-c3cccc([N+](=O)[O-])c3)n[nH]2)cc1. The standard InChI is InChI=1S/C19H17N5O4/c1-12(13-6-8-16(28-2)9-7-13)20-23-19(25)18-11-17(21-22-18)14-4-3-5-15(10-14)24(26)27/h3-11H,1-2H3,(H,21,22)(H,23,25)/b20-12+. The first kappa shape index (κ1) is 18.8. The van der Waals surface area contributed by atoms with Crippen molar-refractivity contribution in [3.63, 3.8) is 0 Å². The zero-order valence-corrected chi connectivity index (χ0v) is 15.2. The van der Waals surface area contributed by atoms with E-state index in [9.17, 15) is 14.9 Å². The number of nitro groups is 1. The number of methoxy groups -OCH3 is 1. The molecule has 0 unspecified atom stereocenters. The van der Waals surface area contributed by atoms with Gasteiger partial charge in [-0.05, 0) is 42.8 Å². The molecule has 9 heteroatoms. The van der Waals surface area contributed by atoms with Crippen molar-refractivity contribution < 1.29 is 14.5 Å². The molecular formula is C19H17N5O4. The number of H-pyrrole nitrogens is 1. The van der Waals surface area contributed by atoms with Crippen molar-refractivity contribution in [1.82, 2.24) is 15.6 Å². The molecular weight excluding hydrogens is 362 g/mol. The molecule has 0 aliphatic heterocycles. The van der Waals surface area contributed by atoms with E-state index in [1.165, 1.54) is 18.2 Å². The van der Waals surface area contributed by atoms with Gasteiger partial charge in [-0.15, -0.1) is 0 Å². The van der Waals surface area contributed by atoms with Crippen LogP contribution < -0.4 is 10.2 Å². The first-order valence-electron chi connectivity index (χ1n) is 8.27. The minimum Gasteiger partial charge on any atom is -0.497 e. The van der Waals surface area contributed by atoms with Crippen molar-refractivity contribution in [1.29, 1.82) is 0 Å². The zero-order chi connectivity index (χ0) is 20.1. The lowest BCUT2D eigenvalue weighted by Crippen LogP contribution is -2.19. The smallest absolute Gasteiger partial charge is 0.289 e. The summed E-state index contributed by atoms with van der Waals surface area (Å²) in [6, 6.07) is 14.8. The molecule has 28 heavy (non-hydrogen) atoms. The van der Waals surface area contributed by atoms with E-state index >= 15 is 0 Å². The van der Waals surface area contributed by atoms with E-state index in [-0.39, 0.29) is 11.4 Å². The number of hydrogen-bond acceptors (Lipinski definition) is 6. The fourth-order valence-electron chi connectivity index (χ4n) is 2.46. The highest BCUT2D eigenvalue weighted by Gasteiger charge is 2.13. The minimum atomic E-state index is -0.486. The zero-order valence-electron chi connectivity index (χ0n) is 15.2. The van der Waals surface area contributed by atoms with Crippen LogP contribution in [0.25, 0.3) is 11.3 Å². The molecule has 0 saturated heterocycles. The third-order valence-electron chi connectivity index (χ3n) is 4.01. The molecule has 9 nitrogen and oxygen atoms in total. The van der Waals surface area contributed by atoms with Gasteiger partial charge in [-0.3, -0.25) is 20.0 Å². The van der Waals surface area contributed by atoms with E-state index in [0.29, 0.717) is 17.0 Å². The number of nitrogens with one attached hydrogen (secondary N) is 2. The second-order valence-corrected chi connectivity index (χ2v) is 5.84. The maximum absolute atomic E-state index is 12.3. The molecule has 1 heterocycles. The van der Waals surface area contributed by atoms with Crippen molar-refractivity contribution in [3.05, 3.63) is 76.0 Å². The molecule has 1 amide bonds. The van der Waals surface area contributed by atoms with Crippen LogP contribution in [0.5, 0.6) is 5.75 Å². The molecule has 0 bridgehead atoms. The predicted octanol–water partition coefficient (Wildman–Crippen LogP) is 3.15. The van der Waals surface area contributed by atoms with E-state index < -0.39 is 10.8 Å². The van der Waals surface area contributed by atoms with Crippen LogP contribution >= 0.6 is 0 Å². The molecule has 2 aromatic carbocycles. The van der Waals surface area contributed by atoms with Crippen LogP contribution in [0.2, 0.25) is 0 Å². The minimum absolute atomic E-state index is 0.0498. The normalized spacial score (nSPS) is 11.1. The molecule has 142 valence electrons. The van der Waals surface area contributed by atoms with Gasteiger partial charge in [0.25, 0.3) is 11.6 Å². The Bertz CT molecular complexity index is 1040. The van der Waals surface area contributed by atoms with E-state index in [4.69, 9.17) is 4.74 Å².